The first kappa shape index (κ1) is 13.8. The molecule has 0 bridgehead atoms. The Labute approximate surface area is 117 Å². The molecule has 0 aromatic heterocycles. The molecular weight excluding hydrogens is 238 g/mol. The Kier molecular flexibility index (Phi) is 4.74. The lowest BCUT2D eigenvalue weighted by atomic mass is 9.90. The predicted molar refractivity (Wildman–Crippen MR) is 77.5 cm³/mol. The van der Waals surface area contributed by atoms with Crippen LogP contribution >= 0.6 is 0 Å². The smallest absolute Gasteiger partial charge is 0.0594 e. The van der Waals surface area contributed by atoms with E-state index in [9.17, 15) is 0 Å². The zero-order valence-electron chi connectivity index (χ0n) is 12.3. The lowest BCUT2D eigenvalue weighted by Crippen LogP contribution is -2.46. The highest BCUT2D eigenvalue weighted by molar-refractivity contribution is 4.90. The number of rotatable bonds is 3. The summed E-state index contributed by atoms with van der Waals surface area (Å²) < 4.78 is 5.46. The second kappa shape index (κ2) is 6.53. The van der Waals surface area contributed by atoms with Crippen molar-refractivity contribution < 1.29 is 4.74 Å². The second-order valence-corrected chi connectivity index (χ2v) is 6.38. The van der Waals surface area contributed by atoms with Gasteiger partial charge in [-0.2, -0.15) is 0 Å². The van der Waals surface area contributed by atoms with Crippen LogP contribution in [0.4, 0.5) is 0 Å². The van der Waals surface area contributed by atoms with E-state index >= 15 is 0 Å². The van der Waals surface area contributed by atoms with Gasteiger partial charge in [-0.25, -0.2) is 0 Å². The number of hydrogen-bond acceptors (Lipinski definition) is 4. The van der Waals surface area contributed by atoms with Crippen LogP contribution in [-0.4, -0.2) is 74.4 Å². The quantitative estimate of drug-likeness (QED) is 0.823. The molecular formula is C15H29N3O. The average molecular weight is 267 g/mol. The van der Waals surface area contributed by atoms with Gasteiger partial charge in [0.15, 0.2) is 0 Å². The van der Waals surface area contributed by atoms with Crippen LogP contribution in [0, 0.1) is 0 Å². The highest BCUT2D eigenvalue weighted by Crippen LogP contribution is 2.27. The number of morpholine rings is 1. The zero-order valence-corrected chi connectivity index (χ0v) is 12.3. The number of likely N-dealkylation sites (tertiary alicyclic amines) is 1. The van der Waals surface area contributed by atoms with Crippen molar-refractivity contribution in [2.45, 2.75) is 50.2 Å². The number of nitrogens with zero attached hydrogens (tertiary/aromatic N) is 2. The molecule has 110 valence electrons. The minimum absolute atomic E-state index is 0.772. The molecule has 3 aliphatic rings. The summed E-state index contributed by atoms with van der Waals surface area (Å²) in [6.45, 7) is 6.77. The van der Waals surface area contributed by atoms with Crippen LogP contribution in [0.2, 0.25) is 0 Å². The Morgan fingerprint density at radius 1 is 0.842 bits per heavy atom. The molecule has 0 spiro atoms. The molecule has 0 aromatic carbocycles. The van der Waals surface area contributed by atoms with E-state index in [1.54, 1.807) is 0 Å². The van der Waals surface area contributed by atoms with Crippen molar-refractivity contribution in [2.24, 2.45) is 0 Å². The van der Waals surface area contributed by atoms with Gasteiger partial charge in [-0.15, -0.1) is 0 Å². The highest BCUT2D eigenvalue weighted by Gasteiger charge is 2.33. The summed E-state index contributed by atoms with van der Waals surface area (Å²) in [6.07, 6.45) is 6.87. The highest BCUT2D eigenvalue weighted by atomic mass is 16.5. The summed E-state index contributed by atoms with van der Waals surface area (Å²) in [7, 11) is 2.11. The van der Waals surface area contributed by atoms with E-state index in [0.717, 1.165) is 44.4 Å². The first-order chi connectivity index (χ1) is 9.36. The Hall–Kier alpha value is -0.160. The molecule has 3 fully saturated rings. The van der Waals surface area contributed by atoms with Crippen molar-refractivity contribution in [1.82, 2.24) is 15.1 Å². The lowest BCUT2D eigenvalue weighted by molar-refractivity contribution is 0.0170. The maximum absolute atomic E-state index is 5.46. The van der Waals surface area contributed by atoms with Crippen LogP contribution in [0.3, 0.4) is 0 Å². The largest absolute Gasteiger partial charge is 0.379 e. The minimum Gasteiger partial charge on any atom is -0.379 e. The summed E-state index contributed by atoms with van der Waals surface area (Å²) in [6, 6.07) is 2.43. The fourth-order valence-corrected chi connectivity index (χ4v) is 4.07. The van der Waals surface area contributed by atoms with Crippen LogP contribution in [0.25, 0.3) is 0 Å². The fourth-order valence-electron chi connectivity index (χ4n) is 4.07. The Morgan fingerprint density at radius 3 is 2.26 bits per heavy atom. The third kappa shape index (κ3) is 3.30. The fraction of sp³-hybridized carbons (Fsp3) is 1.00. The van der Waals surface area contributed by atoms with Gasteiger partial charge in [-0.05, 0) is 39.2 Å². The third-order valence-electron chi connectivity index (χ3n) is 5.38. The van der Waals surface area contributed by atoms with Crippen molar-refractivity contribution in [3.05, 3.63) is 0 Å². The second-order valence-electron chi connectivity index (χ2n) is 6.38. The Bertz CT molecular complexity index is 273. The number of hydrogen-bond donors (Lipinski definition) is 1. The Morgan fingerprint density at radius 2 is 1.58 bits per heavy atom. The molecule has 4 nitrogen and oxygen atoms in total. The van der Waals surface area contributed by atoms with Gasteiger partial charge in [0.25, 0.3) is 0 Å². The average Bonchev–Trinajstić information content (AvgIpc) is 2.98. The molecule has 1 aliphatic carbocycles. The molecule has 0 radical (unpaired) electrons. The van der Waals surface area contributed by atoms with E-state index in [1.165, 1.54) is 45.2 Å². The monoisotopic (exact) mass is 267 g/mol. The molecule has 1 unspecified atom stereocenters. The van der Waals surface area contributed by atoms with E-state index in [-0.39, 0.29) is 0 Å². The molecule has 2 heterocycles. The van der Waals surface area contributed by atoms with E-state index in [4.69, 9.17) is 4.74 Å². The standard InChI is InChI=1S/C15H29N3O/c1-16-13-2-4-14(5-3-13)18-7-6-15(12-18)17-8-10-19-11-9-17/h13-16H,2-12H2,1H3. The predicted octanol–water partition coefficient (Wildman–Crippen LogP) is 0.923. The molecule has 3 rings (SSSR count). The zero-order chi connectivity index (χ0) is 13.1. The van der Waals surface area contributed by atoms with Gasteiger partial charge in [0.1, 0.15) is 0 Å². The van der Waals surface area contributed by atoms with Crippen molar-refractivity contribution in [3.63, 3.8) is 0 Å². The lowest BCUT2D eigenvalue weighted by Gasteiger charge is -2.36. The molecule has 2 aliphatic heterocycles. The van der Waals surface area contributed by atoms with Crippen LogP contribution in [0.5, 0.6) is 0 Å². The molecule has 2 saturated heterocycles. The van der Waals surface area contributed by atoms with Crippen molar-refractivity contribution >= 4 is 0 Å². The summed E-state index contributed by atoms with van der Waals surface area (Å²) in [5, 5.41) is 3.43. The van der Waals surface area contributed by atoms with Crippen LogP contribution in [0.1, 0.15) is 32.1 Å². The van der Waals surface area contributed by atoms with Crippen LogP contribution in [0.15, 0.2) is 0 Å². The van der Waals surface area contributed by atoms with Gasteiger partial charge >= 0.3 is 0 Å². The van der Waals surface area contributed by atoms with Gasteiger partial charge in [-0.1, -0.05) is 0 Å². The van der Waals surface area contributed by atoms with E-state index in [2.05, 4.69) is 22.2 Å². The molecule has 1 N–H and O–H groups in total. The van der Waals surface area contributed by atoms with Crippen LogP contribution in [-0.2, 0) is 4.74 Å². The van der Waals surface area contributed by atoms with Gasteiger partial charge < -0.3 is 10.1 Å². The maximum Gasteiger partial charge on any atom is 0.0594 e. The van der Waals surface area contributed by atoms with Crippen LogP contribution < -0.4 is 5.32 Å². The van der Waals surface area contributed by atoms with Gasteiger partial charge in [0.2, 0.25) is 0 Å². The van der Waals surface area contributed by atoms with Crippen molar-refractivity contribution in [1.29, 1.82) is 0 Å². The Balaban J connectivity index is 1.46. The first-order valence-corrected chi connectivity index (χ1v) is 8.10. The van der Waals surface area contributed by atoms with Gasteiger partial charge in [0.05, 0.1) is 13.2 Å². The summed E-state index contributed by atoms with van der Waals surface area (Å²) in [5.74, 6) is 0. The molecule has 1 atom stereocenters. The first-order valence-electron chi connectivity index (χ1n) is 8.10. The third-order valence-corrected chi connectivity index (χ3v) is 5.38. The number of ether oxygens (including phenoxy) is 1. The van der Waals surface area contributed by atoms with E-state index < -0.39 is 0 Å². The van der Waals surface area contributed by atoms with Gasteiger partial charge in [-0.3, -0.25) is 9.80 Å². The molecule has 4 heteroatoms. The molecule has 1 saturated carbocycles. The summed E-state index contributed by atoms with van der Waals surface area (Å²) >= 11 is 0. The van der Waals surface area contributed by atoms with Crippen molar-refractivity contribution in [3.8, 4) is 0 Å². The maximum atomic E-state index is 5.46. The number of nitrogens with one attached hydrogen (secondary N) is 1. The minimum atomic E-state index is 0.772. The van der Waals surface area contributed by atoms with Crippen molar-refractivity contribution in [2.75, 3.05) is 46.4 Å². The molecule has 19 heavy (non-hydrogen) atoms. The molecule has 0 aromatic rings. The summed E-state index contributed by atoms with van der Waals surface area (Å²) in [5.41, 5.74) is 0. The topological polar surface area (TPSA) is 27.7 Å². The summed E-state index contributed by atoms with van der Waals surface area (Å²) in [4.78, 5) is 5.43. The SMILES string of the molecule is CNC1CCC(N2CCC(N3CCOCC3)C2)CC1. The molecule has 0 amide bonds. The normalized spacial score (nSPS) is 38.7. The van der Waals surface area contributed by atoms with E-state index in [1.807, 2.05) is 0 Å². The van der Waals surface area contributed by atoms with E-state index in [0.29, 0.717) is 0 Å². The van der Waals surface area contributed by atoms with Gasteiger partial charge in [0, 0.05) is 44.3 Å².